The van der Waals surface area contributed by atoms with Crippen molar-refractivity contribution < 1.29 is 9.53 Å². The lowest BCUT2D eigenvalue weighted by Crippen LogP contribution is -2.47. The summed E-state index contributed by atoms with van der Waals surface area (Å²) in [7, 11) is 0. The number of benzene rings is 1. The molecule has 1 aliphatic rings. The molecule has 3 atom stereocenters. The quantitative estimate of drug-likeness (QED) is 0.562. The fourth-order valence-corrected chi connectivity index (χ4v) is 3.65. The third-order valence-electron chi connectivity index (χ3n) is 4.25. The largest absolute Gasteiger partial charge is 0.458 e. The Morgan fingerprint density at radius 2 is 1.95 bits per heavy atom. The van der Waals surface area contributed by atoms with E-state index in [1.54, 1.807) is 0 Å². The summed E-state index contributed by atoms with van der Waals surface area (Å²) in [5, 5.41) is 0. The summed E-state index contributed by atoms with van der Waals surface area (Å²) in [6.07, 6.45) is 3.69. The molecule has 0 unspecified atom stereocenters. The van der Waals surface area contributed by atoms with Gasteiger partial charge in [0.15, 0.2) is 0 Å². The highest BCUT2D eigenvalue weighted by Crippen LogP contribution is 2.23. The summed E-state index contributed by atoms with van der Waals surface area (Å²) in [5.41, 5.74) is 0.657. The minimum atomic E-state index is -0.218. The lowest BCUT2D eigenvalue weighted by atomic mass is 9.97. The molecule has 0 bridgehead atoms. The molecule has 1 aromatic carbocycles. The maximum atomic E-state index is 12.2. The molecule has 4 heteroatoms. The van der Waals surface area contributed by atoms with E-state index < -0.39 is 0 Å². The number of likely N-dealkylation sites (tertiary alicyclic amines) is 1. The molecule has 2 rings (SSSR count). The predicted octanol–water partition coefficient (Wildman–Crippen LogP) is 4.10. The average molecular weight is 401 g/mol. The molecule has 1 fully saturated rings. The first-order valence-corrected chi connectivity index (χ1v) is 8.78. The Bertz CT molecular complexity index is 481. The van der Waals surface area contributed by atoms with Crippen LogP contribution in [0.2, 0.25) is 0 Å². The number of hydrogen-bond donors (Lipinski definition) is 0. The van der Waals surface area contributed by atoms with Gasteiger partial charge in [-0.3, -0.25) is 4.90 Å². The van der Waals surface area contributed by atoms with Gasteiger partial charge in [0.1, 0.15) is 6.10 Å². The van der Waals surface area contributed by atoms with Crippen molar-refractivity contribution in [1.82, 2.24) is 4.90 Å². The number of hydrogen-bond acceptors (Lipinski definition) is 3. The van der Waals surface area contributed by atoms with Gasteiger partial charge in [0.25, 0.3) is 0 Å². The van der Waals surface area contributed by atoms with Gasteiger partial charge in [0.05, 0.1) is 5.56 Å². The third-order valence-corrected chi connectivity index (χ3v) is 5.19. The number of ether oxygens (including phenoxy) is 1. The molecule has 1 heterocycles. The number of carbonyl (C=O) groups is 1. The molecule has 0 aromatic heterocycles. The standard InChI is InChI=1S/C17H24INO2/c1-12-7-6-8-13(2)19(12)11-14(3)21-17(20)15-9-4-5-10-16(15)18/h4-5,9-10,12-14H,6-8,11H2,1-3H3/t12-,13-,14-/m0/s1. The summed E-state index contributed by atoms with van der Waals surface area (Å²) in [6.45, 7) is 7.34. The van der Waals surface area contributed by atoms with E-state index in [0.717, 1.165) is 10.1 Å². The van der Waals surface area contributed by atoms with Crippen LogP contribution in [-0.4, -0.2) is 35.6 Å². The Hall–Kier alpha value is -0.620. The highest BCUT2D eigenvalue weighted by Gasteiger charge is 2.27. The van der Waals surface area contributed by atoms with Crippen molar-refractivity contribution in [2.24, 2.45) is 0 Å². The van der Waals surface area contributed by atoms with E-state index in [-0.39, 0.29) is 12.1 Å². The fraction of sp³-hybridized carbons (Fsp3) is 0.588. The zero-order valence-electron chi connectivity index (χ0n) is 13.0. The molecule has 1 aliphatic heterocycles. The maximum Gasteiger partial charge on any atom is 0.339 e. The van der Waals surface area contributed by atoms with Crippen LogP contribution in [-0.2, 0) is 4.74 Å². The number of halogens is 1. The zero-order valence-corrected chi connectivity index (χ0v) is 15.2. The molecule has 1 saturated heterocycles. The summed E-state index contributed by atoms with van der Waals surface area (Å²) >= 11 is 2.17. The van der Waals surface area contributed by atoms with Gasteiger partial charge in [-0.15, -0.1) is 0 Å². The average Bonchev–Trinajstić information content (AvgIpc) is 2.43. The molecule has 0 radical (unpaired) electrons. The van der Waals surface area contributed by atoms with Crippen LogP contribution in [0.15, 0.2) is 24.3 Å². The van der Waals surface area contributed by atoms with E-state index in [0.29, 0.717) is 17.6 Å². The van der Waals surface area contributed by atoms with Crippen molar-refractivity contribution in [1.29, 1.82) is 0 Å². The van der Waals surface area contributed by atoms with Crippen LogP contribution in [0.5, 0.6) is 0 Å². The van der Waals surface area contributed by atoms with Gasteiger partial charge in [-0.2, -0.15) is 0 Å². The highest BCUT2D eigenvalue weighted by atomic mass is 127. The van der Waals surface area contributed by atoms with Crippen molar-refractivity contribution in [2.45, 2.75) is 58.2 Å². The van der Waals surface area contributed by atoms with Crippen LogP contribution in [0.1, 0.15) is 50.4 Å². The Labute approximate surface area is 141 Å². The van der Waals surface area contributed by atoms with Crippen LogP contribution in [0, 0.1) is 3.57 Å². The van der Waals surface area contributed by atoms with E-state index in [4.69, 9.17) is 4.74 Å². The van der Waals surface area contributed by atoms with Gasteiger partial charge in [-0.25, -0.2) is 4.79 Å². The second-order valence-electron chi connectivity index (χ2n) is 6.02. The van der Waals surface area contributed by atoms with Crippen molar-refractivity contribution >= 4 is 28.6 Å². The van der Waals surface area contributed by atoms with Gasteiger partial charge in [0.2, 0.25) is 0 Å². The Balaban J connectivity index is 1.93. The van der Waals surface area contributed by atoms with Crippen LogP contribution < -0.4 is 0 Å². The Kier molecular flexibility index (Phi) is 6.05. The van der Waals surface area contributed by atoms with Gasteiger partial charge in [0, 0.05) is 22.2 Å². The molecule has 21 heavy (non-hydrogen) atoms. The second-order valence-corrected chi connectivity index (χ2v) is 7.18. The van der Waals surface area contributed by atoms with E-state index in [9.17, 15) is 4.79 Å². The number of nitrogens with zero attached hydrogens (tertiary/aromatic N) is 1. The Morgan fingerprint density at radius 3 is 2.57 bits per heavy atom. The molecule has 0 saturated carbocycles. The Morgan fingerprint density at radius 1 is 1.33 bits per heavy atom. The summed E-state index contributed by atoms with van der Waals surface area (Å²) in [5.74, 6) is -0.218. The zero-order chi connectivity index (χ0) is 15.4. The SMILES string of the molecule is C[C@@H](CN1[C@@H](C)CCC[C@@H]1C)OC(=O)c1ccccc1I. The lowest BCUT2D eigenvalue weighted by molar-refractivity contribution is 0.00803. The van der Waals surface area contributed by atoms with E-state index in [1.165, 1.54) is 19.3 Å². The predicted molar refractivity (Wildman–Crippen MR) is 93.5 cm³/mol. The van der Waals surface area contributed by atoms with Crippen LogP contribution >= 0.6 is 22.6 Å². The normalized spacial score (nSPS) is 24.6. The van der Waals surface area contributed by atoms with Gasteiger partial charge in [-0.1, -0.05) is 18.6 Å². The summed E-state index contributed by atoms with van der Waals surface area (Å²) < 4.78 is 6.57. The van der Waals surface area contributed by atoms with Crippen molar-refractivity contribution in [3.05, 3.63) is 33.4 Å². The first-order valence-electron chi connectivity index (χ1n) is 7.70. The highest BCUT2D eigenvalue weighted by molar-refractivity contribution is 14.1. The lowest BCUT2D eigenvalue weighted by Gasteiger charge is -2.40. The maximum absolute atomic E-state index is 12.2. The summed E-state index contributed by atoms with van der Waals surface area (Å²) in [6, 6.07) is 8.70. The molecular weight excluding hydrogens is 377 g/mol. The van der Waals surface area contributed by atoms with Crippen molar-refractivity contribution in [2.75, 3.05) is 6.54 Å². The number of carbonyl (C=O) groups excluding carboxylic acids is 1. The first kappa shape index (κ1) is 16.7. The molecule has 0 N–H and O–H groups in total. The van der Waals surface area contributed by atoms with E-state index >= 15 is 0 Å². The van der Waals surface area contributed by atoms with Gasteiger partial charge in [-0.05, 0) is 68.3 Å². The fourth-order valence-electron chi connectivity index (χ4n) is 3.04. The molecule has 0 amide bonds. The van der Waals surface area contributed by atoms with Crippen molar-refractivity contribution in [3.8, 4) is 0 Å². The van der Waals surface area contributed by atoms with Crippen LogP contribution in [0.3, 0.4) is 0 Å². The monoisotopic (exact) mass is 401 g/mol. The van der Waals surface area contributed by atoms with E-state index in [1.807, 2.05) is 31.2 Å². The van der Waals surface area contributed by atoms with Crippen molar-refractivity contribution in [3.63, 3.8) is 0 Å². The van der Waals surface area contributed by atoms with Crippen LogP contribution in [0.25, 0.3) is 0 Å². The molecular formula is C17H24INO2. The molecule has 3 nitrogen and oxygen atoms in total. The number of piperidine rings is 1. The number of esters is 1. The topological polar surface area (TPSA) is 29.5 Å². The minimum absolute atomic E-state index is 0.0866. The van der Waals surface area contributed by atoms with Crippen LogP contribution in [0.4, 0.5) is 0 Å². The molecule has 0 spiro atoms. The van der Waals surface area contributed by atoms with Gasteiger partial charge < -0.3 is 4.74 Å². The number of rotatable bonds is 4. The smallest absolute Gasteiger partial charge is 0.339 e. The third kappa shape index (κ3) is 4.42. The van der Waals surface area contributed by atoms with E-state index in [2.05, 4.69) is 41.3 Å². The summed E-state index contributed by atoms with van der Waals surface area (Å²) in [4.78, 5) is 14.7. The first-order chi connectivity index (χ1) is 9.99. The van der Waals surface area contributed by atoms with Gasteiger partial charge >= 0.3 is 5.97 Å². The minimum Gasteiger partial charge on any atom is -0.458 e. The molecule has 1 aromatic rings. The second kappa shape index (κ2) is 7.58. The molecule has 0 aliphatic carbocycles. The molecule has 116 valence electrons.